The molecule has 214 valence electrons. The van der Waals surface area contributed by atoms with E-state index in [4.69, 9.17) is 4.98 Å². The Morgan fingerprint density at radius 2 is 1.71 bits per heavy atom. The molecular weight excluding hydrogens is 545 g/mol. The molecule has 3 heterocycles. The molecule has 41 heavy (non-hydrogen) atoms. The van der Waals surface area contributed by atoms with E-state index < -0.39 is 0 Å². The van der Waals surface area contributed by atoms with Gasteiger partial charge in [0.1, 0.15) is 5.01 Å². The van der Waals surface area contributed by atoms with Gasteiger partial charge in [-0.25, -0.2) is 4.98 Å². The summed E-state index contributed by atoms with van der Waals surface area (Å²) in [6.45, 7) is 13.6. The minimum absolute atomic E-state index is 0.372. The molecule has 0 spiro atoms. The molecule has 3 aromatic rings. The minimum Gasteiger partial charge on any atom is -0.365 e. The average Bonchev–Trinajstić information content (AvgIpc) is 3.45. The zero-order valence-electron chi connectivity index (χ0n) is 25.1. The van der Waals surface area contributed by atoms with Crippen LogP contribution in [0.5, 0.6) is 0 Å². The quantitative estimate of drug-likeness (QED) is 0.243. The van der Waals surface area contributed by atoms with Crippen LogP contribution in [0.4, 0.5) is 0 Å². The number of nitrogens with zero attached hydrogens (tertiary/aromatic N) is 4. The van der Waals surface area contributed by atoms with Crippen LogP contribution in [0.1, 0.15) is 59.2 Å². The standard InChI is InChI=1S/C34H40N4OS2/c1-21-15-38(31(17-36(5)6)25-13-14-25)19-32(21)40-24(4)26-9-7-10-27(22(26)2)28-11-8-12-29(23(28)3)34-35-30-16-37(20-39)18-33(30)41-34/h7-12,20,24H,13-19H2,1-6H3. The Labute approximate surface area is 253 Å². The maximum atomic E-state index is 11.2. The first kappa shape index (κ1) is 28.3. The van der Waals surface area contributed by atoms with Crippen molar-refractivity contribution in [1.29, 1.82) is 0 Å². The van der Waals surface area contributed by atoms with Crippen molar-refractivity contribution in [2.75, 3.05) is 33.7 Å². The molecule has 1 unspecified atom stereocenters. The van der Waals surface area contributed by atoms with Crippen LogP contribution in [-0.4, -0.2) is 59.8 Å². The molecule has 2 aliphatic heterocycles. The number of rotatable bonds is 9. The van der Waals surface area contributed by atoms with Crippen molar-refractivity contribution < 1.29 is 4.79 Å². The Balaban J connectivity index is 1.23. The number of thiazole rings is 1. The largest absolute Gasteiger partial charge is 0.365 e. The molecule has 3 aliphatic rings. The van der Waals surface area contributed by atoms with E-state index in [-0.39, 0.29) is 0 Å². The molecule has 1 aliphatic carbocycles. The average molecular weight is 585 g/mol. The van der Waals surface area contributed by atoms with Crippen molar-refractivity contribution in [1.82, 2.24) is 19.7 Å². The summed E-state index contributed by atoms with van der Waals surface area (Å²) in [7, 11) is 4.35. The number of benzene rings is 2. The number of amides is 1. The van der Waals surface area contributed by atoms with E-state index in [0.29, 0.717) is 18.3 Å². The first-order chi connectivity index (χ1) is 19.7. The van der Waals surface area contributed by atoms with Crippen LogP contribution < -0.4 is 0 Å². The number of aromatic nitrogens is 1. The number of thioether (sulfide) groups is 1. The van der Waals surface area contributed by atoms with Crippen molar-refractivity contribution >= 4 is 29.5 Å². The molecular formula is C34H40N4OS2. The highest BCUT2D eigenvalue weighted by Gasteiger charge is 2.29. The predicted molar refractivity (Wildman–Crippen MR) is 173 cm³/mol. The molecule has 1 aromatic heterocycles. The fourth-order valence-electron chi connectivity index (χ4n) is 6.23. The topological polar surface area (TPSA) is 39.7 Å². The summed E-state index contributed by atoms with van der Waals surface area (Å²) in [5.41, 5.74) is 13.6. The van der Waals surface area contributed by atoms with Gasteiger partial charge in [0.2, 0.25) is 6.41 Å². The Bertz CT molecular complexity index is 1540. The van der Waals surface area contributed by atoms with Gasteiger partial charge in [-0.1, -0.05) is 36.4 Å². The molecule has 7 heteroatoms. The Kier molecular flexibility index (Phi) is 7.88. The van der Waals surface area contributed by atoms with Gasteiger partial charge in [-0.05, 0) is 93.6 Å². The number of allylic oxidation sites excluding steroid dienone is 1. The van der Waals surface area contributed by atoms with Crippen LogP contribution in [0.25, 0.3) is 21.7 Å². The summed E-state index contributed by atoms with van der Waals surface area (Å²) in [5, 5.41) is 1.43. The molecule has 1 amide bonds. The zero-order chi connectivity index (χ0) is 28.8. The van der Waals surface area contributed by atoms with Crippen LogP contribution in [0.3, 0.4) is 0 Å². The monoisotopic (exact) mass is 584 g/mol. The van der Waals surface area contributed by atoms with Gasteiger partial charge in [0, 0.05) is 45.9 Å². The van der Waals surface area contributed by atoms with E-state index in [2.05, 4.69) is 88.0 Å². The van der Waals surface area contributed by atoms with Gasteiger partial charge in [-0.15, -0.1) is 23.1 Å². The molecule has 6 rings (SSSR count). The van der Waals surface area contributed by atoms with Crippen molar-refractivity contribution in [3.63, 3.8) is 0 Å². The van der Waals surface area contributed by atoms with E-state index in [1.807, 2.05) is 11.8 Å². The van der Waals surface area contributed by atoms with E-state index in [1.165, 1.54) is 61.6 Å². The Hall–Kier alpha value is -2.87. The molecule has 1 fully saturated rings. The summed E-state index contributed by atoms with van der Waals surface area (Å²) < 4.78 is 0. The van der Waals surface area contributed by atoms with Crippen LogP contribution in [0.15, 0.2) is 58.1 Å². The third-order valence-corrected chi connectivity index (χ3v) is 11.1. The van der Waals surface area contributed by atoms with Gasteiger partial charge in [0.25, 0.3) is 0 Å². The number of hydrogen-bond acceptors (Lipinski definition) is 6. The van der Waals surface area contributed by atoms with Gasteiger partial charge in [0.15, 0.2) is 0 Å². The van der Waals surface area contributed by atoms with E-state index in [9.17, 15) is 4.79 Å². The molecule has 0 saturated heterocycles. The van der Waals surface area contributed by atoms with Crippen LogP contribution in [-0.2, 0) is 17.9 Å². The summed E-state index contributed by atoms with van der Waals surface area (Å²) in [6, 6.07) is 13.4. The van der Waals surface area contributed by atoms with Crippen LogP contribution in [0.2, 0.25) is 0 Å². The number of fused-ring (bicyclic) bond motifs is 1. The smallest absolute Gasteiger partial charge is 0.210 e. The number of hydrogen-bond donors (Lipinski definition) is 0. The molecule has 5 nitrogen and oxygen atoms in total. The van der Waals surface area contributed by atoms with Crippen LogP contribution in [0, 0.1) is 13.8 Å². The van der Waals surface area contributed by atoms with Crippen molar-refractivity contribution in [3.8, 4) is 21.7 Å². The lowest BCUT2D eigenvalue weighted by molar-refractivity contribution is -0.118. The lowest BCUT2D eigenvalue weighted by Gasteiger charge is -2.26. The number of carbonyl (C=O) groups is 1. The summed E-state index contributed by atoms with van der Waals surface area (Å²) >= 11 is 3.77. The van der Waals surface area contributed by atoms with Gasteiger partial charge < -0.3 is 14.7 Å². The fraction of sp³-hybridized carbons (Fsp3) is 0.412. The van der Waals surface area contributed by atoms with E-state index in [0.717, 1.165) is 36.7 Å². The van der Waals surface area contributed by atoms with Gasteiger partial charge in [-0.3, -0.25) is 4.79 Å². The highest BCUT2D eigenvalue weighted by molar-refractivity contribution is 8.03. The predicted octanol–water partition coefficient (Wildman–Crippen LogP) is 7.56. The lowest BCUT2D eigenvalue weighted by Crippen LogP contribution is -2.28. The number of carbonyl (C=O) groups excluding carboxylic acids is 1. The zero-order valence-corrected chi connectivity index (χ0v) is 26.7. The van der Waals surface area contributed by atoms with E-state index >= 15 is 0 Å². The molecule has 0 radical (unpaired) electrons. The highest BCUT2D eigenvalue weighted by atomic mass is 32.2. The second kappa shape index (κ2) is 11.4. The molecule has 0 N–H and O–H groups in total. The maximum absolute atomic E-state index is 11.2. The second-order valence-corrected chi connectivity index (χ2v) is 14.5. The molecule has 0 bridgehead atoms. The van der Waals surface area contributed by atoms with Gasteiger partial charge >= 0.3 is 0 Å². The van der Waals surface area contributed by atoms with Crippen LogP contribution >= 0.6 is 23.1 Å². The second-order valence-electron chi connectivity index (χ2n) is 12.0. The third kappa shape index (κ3) is 5.64. The lowest BCUT2D eigenvalue weighted by atomic mass is 9.91. The van der Waals surface area contributed by atoms with Gasteiger partial charge in [-0.2, -0.15) is 0 Å². The SMILES string of the molecule is CC1=C(SC(C)c2cccc(-c3cccc(-c4nc5c(s4)CN(C=O)C5)c3C)c2C)CN(C(CN(C)C)=C2CC2)C1. The van der Waals surface area contributed by atoms with Gasteiger partial charge in [0.05, 0.1) is 18.8 Å². The normalized spacial score (nSPS) is 17.1. The molecule has 1 atom stereocenters. The minimum atomic E-state index is 0.372. The summed E-state index contributed by atoms with van der Waals surface area (Å²) in [5.74, 6) is 0. The third-order valence-electron chi connectivity index (χ3n) is 8.61. The summed E-state index contributed by atoms with van der Waals surface area (Å²) in [4.78, 5) is 25.6. The fourth-order valence-corrected chi connectivity index (χ4v) is 8.71. The highest BCUT2D eigenvalue weighted by Crippen LogP contribution is 2.44. The Morgan fingerprint density at radius 3 is 2.39 bits per heavy atom. The van der Waals surface area contributed by atoms with E-state index in [1.54, 1.807) is 27.5 Å². The first-order valence-electron chi connectivity index (χ1n) is 14.6. The maximum Gasteiger partial charge on any atom is 0.210 e. The number of likely N-dealkylation sites (N-methyl/N-ethyl adjacent to an activating group) is 1. The molecule has 2 aromatic carbocycles. The van der Waals surface area contributed by atoms with Crippen molar-refractivity contribution in [2.24, 2.45) is 0 Å². The van der Waals surface area contributed by atoms with Crippen molar-refractivity contribution in [2.45, 2.75) is 58.9 Å². The van der Waals surface area contributed by atoms with Crippen molar-refractivity contribution in [3.05, 3.63) is 85.4 Å². The first-order valence-corrected chi connectivity index (χ1v) is 16.3. The molecule has 1 saturated carbocycles. The Morgan fingerprint density at radius 1 is 1.00 bits per heavy atom. The summed E-state index contributed by atoms with van der Waals surface area (Å²) in [6.07, 6.45) is 3.46.